The summed E-state index contributed by atoms with van der Waals surface area (Å²) in [7, 11) is -3.61. The molecule has 1 aliphatic heterocycles. The van der Waals surface area contributed by atoms with Crippen molar-refractivity contribution in [3.05, 3.63) is 64.4 Å². The zero-order valence-corrected chi connectivity index (χ0v) is 16.3. The van der Waals surface area contributed by atoms with Crippen molar-refractivity contribution in [1.82, 2.24) is 9.62 Å². The number of carbonyl (C=O) groups is 1. The Balaban J connectivity index is 1.61. The summed E-state index contributed by atoms with van der Waals surface area (Å²) in [6.45, 7) is 0.751. The van der Waals surface area contributed by atoms with E-state index in [1.54, 1.807) is 23.1 Å². The maximum Gasteiger partial charge on any atom is 0.256 e. The summed E-state index contributed by atoms with van der Waals surface area (Å²) < 4.78 is 42.1. The van der Waals surface area contributed by atoms with Crippen LogP contribution in [0.25, 0.3) is 0 Å². The number of amides is 1. The average Bonchev–Trinajstić information content (AvgIpc) is 2.62. The summed E-state index contributed by atoms with van der Waals surface area (Å²) in [6, 6.07) is 12.0. The first-order chi connectivity index (χ1) is 12.4. The average molecular weight is 441 g/mol. The number of rotatable bonds is 4. The fraction of sp³-hybridized carbons (Fsp3) is 0.278. The molecule has 5 nitrogen and oxygen atoms in total. The molecule has 1 fully saturated rings. The van der Waals surface area contributed by atoms with E-state index in [4.69, 9.17) is 0 Å². The Labute approximate surface area is 160 Å². The van der Waals surface area contributed by atoms with Gasteiger partial charge in [0.2, 0.25) is 10.0 Å². The summed E-state index contributed by atoms with van der Waals surface area (Å²) in [4.78, 5) is 14.2. The zero-order chi connectivity index (χ0) is 18.7. The molecule has 0 aliphatic carbocycles. The number of nitrogens with zero attached hydrogens (tertiary/aromatic N) is 1. The molecule has 0 bridgehead atoms. The number of likely N-dealkylation sites (tertiary alicyclic amines) is 1. The van der Waals surface area contributed by atoms with Gasteiger partial charge in [0, 0.05) is 23.6 Å². The molecule has 1 heterocycles. The van der Waals surface area contributed by atoms with Crippen LogP contribution in [0, 0.1) is 5.82 Å². The molecular weight excluding hydrogens is 423 g/mol. The van der Waals surface area contributed by atoms with E-state index in [0.717, 1.165) is 4.47 Å². The van der Waals surface area contributed by atoms with E-state index < -0.39 is 15.8 Å². The molecule has 2 aromatic carbocycles. The van der Waals surface area contributed by atoms with Gasteiger partial charge in [0.15, 0.2) is 0 Å². The molecule has 0 spiro atoms. The normalized spacial score (nSPS) is 15.8. The van der Waals surface area contributed by atoms with E-state index in [9.17, 15) is 17.6 Å². The molecular formula is C18H18BrFN2O3S. The van der Waals surface area contributed by atoms with E-state index in [1.165, 1.54) is 30.3 Å². The highest BCUT2D eigenvalue weighted by Crippen LogP contribution is 2.19. The number of sulfonamides is 1. The first-order valence-electron chi connectivity index (χ1n) is 8.18. The van der Waals surface area contributed by atoms with Gasteiger partial charge in [-0.25, -0.2) is 17.5 Å². The Bertz CT molecular complexity index is 895. The van der Waals surface area contributed by atoms with Gasteiger partial charge in [-0.2, -0.15) is 0 Å². The number of hydrogen-bond acceptors (Lipinski definition) is 3. The summed E-state index contributed by atoms with van der Waals surface area (Å²) in [5.74, 6) is -0.909. The maximum absolute atomic E-state index is 13.8. The third-order valence-electron chi connectivity index (χ3n) is 4.33. The summed E-state index contributed by atoms with van der Waals surface area (Å²) >= 11 is 3.28. The standard InChI is InChI=1S/C18H18BrFN2O3S/c19-13-5-7-15(8-6-13)26(24,25)21-14-9-11-22(12-10-14)18(23)16-3-1-2-4-17(16)20/h1-8,14,21H,9-12H2. The van der Waals surface area contributed by atoms with Crippen LogP contribution in [0.5, 0.6) is 0 Å². The van der Waals surface area contributed by atoms with Crippen molar-refractivity contribution in [2.45, 2.75) is 23.8 Å². The highest BCUT2D eigenvalue weighted by molar-refractivity contribution is 9.10. The number of benzene rings is 2. The van der Waals surface area contributed by atoms with Crippen LogP contribution in [0.1, 0.15) is 23.2 Å². The zero-order valence-electron chi connectivity index (χ0n) is 13.9. The number of hydrogen-bond donors (Lipinski definition) is 1. The van der Waals surface area contributed by atoms with Crippen molar-refractivity contribution in [3.8, 4) is 0 Å². The molecule has 3 rings (SSSR count). The van der Waals surface area contributed by atoms with E-state index >= 15 is 0 Å². The monoisotopic (exact) mass is 440 g/mol. The minimum absolute atomic E-state index is 0.0430. The third-order valence-corrected chi connectivity index (χ3v) is 6.40. The molecule has 2 aromatic rings. The van der Waals surface area contributed by atoms with E-state index in [-0.39, 0.29) is 22.4 Å². The minimum atomic E-state index is -3.61. The molecule has 8 heteroatoms. The molecule has 1 aliphatic rings. The highest BCUT2D eigenvalue weighted by atomic mass is 79.9. The fourth-order valence-electron chi connectivity index (χ4n) is 2.91. The van der Waals surface area contributed by atoms with Gasteiger partial charge in [-0.3, -0.25) is 4.79 Å². The number of nitrogens with one attached hydrogen (secondary N) is 1. The quantitative estimate of drug-likeness (QED) is 0.793. The molecule has 1 amide bonds. The minimum Gasteiger partial charge on any atom is -0.338 e. The van der Waals surface area contributed by atoms with Crippen LogP contribution in [0.2, 0.25) is 0 Å². The van der Waals surface area contributed by atoms with Gasteiger partial charge in [-0.1, -0.05) is 28.1 Å². The molecule has 1 N–H and O–H groups in total. The predicted molar refractivity (Wildman–Crippen MR) is 99.8 cm³/mol. The van der Waals surface area contributed by atoms with Crippen LogP contribution in [0.3, 0.4) is 0 Å². The van der Waals surface area contributed by atoms with Gasteiger partial charge in [0.1, 0.15) is 5.82 Å². The molecule has 26 heavy (non-hydrogen) atoms. The van der Waals surface area contributed by atoms with Crippen LogP contribution in [-0.4, -0.2) is 38.4 Å². The lowest BCUT2D eigenvalue weighted by atomic mass is 10.0. The fourth-order valence-corrected chi connectivity index (χ4v) is 4.48. The van der Waals surface area contributed by atoms with Crippen LogP contribution < -0.4 is 4.72 Å². The Kier molecular flexibility index (Phi) is 5.74. The highest BCUT2D eigenvalue weighted by Gasteiger charge is 2.28. The Morgan fingerprint density at radius 3 is 2.31 bits per heavy atom. The van der Waals surface area contributed by atoms with Gasteiger partial charge < -0.3 is 4.90 Å². The molecule has 138 valence electrons. The Hall–Kier alpha value is -1.77. The summed E-state index contributed by atoms with van der Waals surface area (Å²) in [5, 5.41) is 0. The molecule has 1 saturated heterocycles. The van der Waals surface area contributed by atoms with Gasteiger partial charge in [-0.15, -0.1) is 0 Å². The molecule has 0 saturated carbocycles. The van der Waals surface area contributed by atoms with E-state index in [1.807, 2.05) is 0 Å². The first kappa shape index (κ1) is 19.0. The summed E-state index contributed by atoms with van der Waals surface area (Å²) in [5.41, 5.74) is 0.0430. The largest absolute Gasteiger partial charge is 0.338 e. The number of piperidine rings is 1. The van der Waals surface area contributed by atoms with Crippen LogP contribution in [0.15, 0.2) is 57.9 Å². The van der Waals surface area contributed by atoms with E-state index in [2.05, 4.69) is 20.7 Å². The van der Waals surface area contributed by atoms with Crippen LogP contribution in [0.4, 0.5) is 4.39 Å². The molecule has 0 radical (unpaired) electrons. The van der Waals surface area contributed by atoms with Crippen LogP contribution in [-0.2, 0) is 10.0 Å². The van der Waals surface area contributed by atoms with Crippen molar-refractivity contribution in [2.24, 2.45) is 0 Å². The predicted octanol–water partition coefficient (Wildman–Crippen LogP) is 3.17. The first-order valence-corrected chi connectivity index (χ1v) is 10.5. The van der Waals surface area contributed by atoms with Crippen molar-refractivity contribution < 1.29 is 17.6 Å². The number of carbonyl (C=O) groups excluding carboxylic acids is 1. The third kappa shape index (κ3) is 4.31. The van der Waals surface area contributed by atoms with Crippen LogP contribution >= 0.6 is 15.9 Å². The Morgan fingerprint density at radius 1 is 1.08 bits per heavy atom. The molecule has 0 aromatic heterocycles. The van der Waals surface area contributed by atoms with Gasteiger partial charge in [0.05, 0.1) is 10.5 Å². The lowest BCUT2D eigenvalue weighted by Gasteiger charge is -2.32. The van der Waals surface area contributed by atoms with Crippen molar-refractivity contribution in [2.75, 3.05) is 13.1 Å². The second-order valence-electron chi connectivity index (χ2n) is 6.12. The second kappa shape index (κ2) is 7.85. The van der Waals surface area contributed by atoms with E-state index in [0.29, 0.717) is 25.9 Å². The topological polar surface area (TPSA) is 66.5 Å². The van der Waals surface area contributed by atoms with Gasteiger partial charge in [-0.05, 0) is 49.2 Å². The maximum atomic E-state index is 13.8. The lowest BCUT2D eigenvalue weighted by Crippen LogP contribution is -2.46. The summed E-state index contributed by atoms with van der Waals surface area (Å²) in [6.07, 6.45) is 0.964. The molecule has 0 unspecified atom stereocenters. The van der Waals surface area contributed by atoms with Gasteiger partial charge >= 0.3 is 0 Å². The van der Waals surface area contributed by atoms with Crippen molar-refractivity contribution >= 4 is 31.9 Å². The lowest BCUT2D eigenvalue weighted by molar-refractivity contribution is 0.0706. The molecule has 0 atom stereocenters. The van der Waals surface area contributed by atoms with Gasteiger partial charge in [0.25, 0.3) is 5.91 Å². The smallest absolute Gasteiger partial charge is 0.256 e. The van der Waals surface area contributed by atoms with Crippen molar-refractivity contribution in [3.63, 3.8) is 0 Å². The number of halogens is 2. The SMILES string of the molecule is O=C(c1ccccc1F)N1CCC(NS(=O)(=O)c2ccc(Br)cc2)CC1. The second-order valence-corrected chi connectivity index (χ2v) is 8.75. The Morgan fingerprint density at radius 2 is 1.69 bits per heavy atom. The van der Waals surface area contributed by atoms with Crippen molar-refractivity contribution in [1.29, 1.82) is 0 Å².